The van der Waals surface area contributed by atoms with Crippen LogP contribution in [0, 0.1) is 13.8 Å². The van der Waals surface area contributed by atoms with Crippen molar-refractivity contribution in [3.63, 3.8) is 0 Å². The number of carbonyl (C=O) groups is 1. The molecule has 0 saturated heterocycles. The standard InChI is InChI=1S/C27H30BrN3O5S/c1-8-35-21-13-19(28)18(12-20(21)34-7)24-23(26(33)36-9-2)15(4)29-27-31(24)25(32)22(37-27)11-17-10-14(3)30(6)16(17)5/h10-13,24H,8-9H2,1-7H3/b22-11+/t24-/m0/s1. The molecule has 196 valence electrons. The van der Waals surface area contributed by atoms with Gasteiger partial charge in [0.1, 0.15) is 0 Å². The molecule has 3 heterocycles. The van der Waals surface area contributed by atoms with Crippen molar-refractivity contribution in [3.8, 4) is 11.5 Å². The van der Waals surface area contributed by atoms with E-state index in [1.807, 2.05) is 40.0 Å². The molecule has 1 aromatic carbocycles. The van der Waals surface area contributed by atoms with Crippen molar-refractivity contribution in [2.45, 2.75) is 40.7 Å². The van der Waals surface area contributed by atoms with E-state index in [0.29, 0.717) is 48.7 Å². The minimum absolute atomic E-state index is 0.202. The minimum atomic E-state index is -0.769. The van der Waals surface area contributed by atoms with Crippen LogP contribution in [0.1, 0.15) is 49.3 Å². The summed E-state index contributed by atoms with van der Waals surface area (Å²) in [5, 5.41) is 0. The van der Waals surface area contributed by atoms with Crippen LogP contribution >= 0.6 is 27.3 Å². The van der Waals surface area contributed by atoms with Gasteiger partial charge in [-0.05, 0) is 70.0 Å². The molecule has 37 heavy (non-hydrogen) atoms. The summed E-state index contributed by atoms with van der Waals surface area (Å²) in [5.41, 5.74) is 4.36. The molecule has 3 aromatic rings. The second-order valence-electron chi connectivity index (χ2n) is 8.65. The number of hydrogen-bond acceptors (Lipinski definition) is 7. The first-order chi connectivity index (χ1) is 17.6. The van der Waals surface area contributed by atoms with Gasteiger partial charge >= 0.3 is 5.97 Å². The number of hydrogen-bond donors (Lipinski definition) is 0. The number of rotatable bonds is 7. The van der Waals surface area contributed by atoms with Crippen molar-refractivity contribution < 1.29 is 19.0 Å². The molecule has 0 aliphatic carbocycles. The lowest BCUT2D eigenvalue weighted by atomic mass is 9.95. The van der Waals surface area contributed by atoms with E-state index in [2.05, 4.69) is 25.5 Å². The maximum atomic E-state index is 13.9. The van der Waals surface area contributed by atoms with E-state index in [1.54, 1.807) is 37.7 Å². The number of methoxy groups -OCH3 is 1. The van der Waals surface area contributed by atoms with Gasteiger partial charge in [-0.15, -0.1) is 0 Å². The molecule has 10 heteroatoms. The highest BCUT2D eigenvalue weighted by molar-refractivity contribution is 9.10. The van der Waals surface area contributed by atoms with Crippen molar-refractivity contribution in [2.24, 2.45) is 12.0 Å². The lowest BCUT2D eigenvalue weighted by Crippen LogP contribution is -2.40. The Balaban J connectivity index is 2.01. The van der Waals surface area contributed by atoms with Gasteiger partial charge in [-0.2, -0.15) is 0 Å². The number of carbonyl (C=O) groups excluding carboxylic acids is 1. The Morgan fingerprint density at radius 3 is 2.49 bits per heavy atom. The van der Waals surface area contributed by atoms with E-state index in [9.17, 15) is 9.59 Å². The number of halogens is 1. The largest absolute Gasteiger partial charge is 0.493 e. The summed E-state index contributed by atoms with van der Waals surface area (Å²) >= 11 is 4.94. The van der Waals surface area contributed by atoms with E-state index in [1.165, 1.54) is 11.3 Å². The zero-order chi connectivity index (χ0) is 27.0. The van der Waals surface area contributed by atoms with E-state index in [-0.39, 0.29) is 12.2 Å². The molecule has 1 aliphatic heterocycles. The lowest BCUT2D eigenvalue weighted by Gasteiger charge is -2.26. The van der Waals surface area contributed by atoms with Crippen molar-refractivity contribution >= 4 is 39.3 Å². The molecule has 0 amide bonds. The van der Waals surface area contributed by atoms with Crippen LogP contribution < -0.4 is 24.4 Å². The predicted octanol–water partition coefficient (Wildman–Crippen LogP) is 3.92. The number of benzene rings is 1. The Morgan fingerprint density at radius 1 is 1.16 bits per heavy atom. The SMILES string of the molecule is CCOC(=O)C1=C(C)N=c2s/c(=C/c3cc(C)n(C)c3C)c(=O)n2[C@H]1c1cc(OC)c(OCC)cc1Br. The molecular weight excluding hydrogens is 558 g/mol. The van der Waals surface area contributed by atoms with Gasteiger partial charge in [0, 0.05) is 22.9 Å². The molecular formula is C27H30BrN3O5S. The number of allylic oxidation sites excluding steroid dienone is 1. The normalized spacial score (nSPS) is 15.5. The fourth-order valence-corrected chi connectivity index (χ4v) is 6.02. The highest BCUT2D eigenvalue weighted by Gasteiger charge is 2.35. The number of nitrogens with zero attached hydrogens (tertiary/aromatic N) is 3. The van der Waals surface area contributed by atoms with Gasteiger partial charge in [-0.1, -0.05) is 27.3 Å². The highest BCUT2D eigenvalue weighted by atomic mass is 79.9. The second-order valence-corrected chi connectivity index (χ2v) is 10.5. The Morgan fingerprint density at radius 2 is 1.89 bits per heavy atom. The lowest BCUT2D eigenvalue weighted by molar-refractivity contribution is -0.139. The van der Waals surface area contributed by atoms with Crippen LogP contribution in [0.3, 0.4) is 0 Å². The molecule has 0 bridgehead atoms. The zero-order valence-corrected chi connectivity index (χ0v) is 24.4. The smallest absolute Gasteiger partial charge is 0.338 e. The van der Waals surface area contributed by atoms with Crippen LogP contribution in [0.4, 0.5) is 0 Å². The molecule has 1 aliphatic rings. The number of ether oxygens (including phenoxy) is 3. The van der Waals surface area contributed by atoms with Gasteiger partial charge in [-0.3, -0.25) is 9.36 Å². The maximum Gasteiger partial charge on any atom is 0.338 e. The molecule has 0 saturated carbocycles. The monoisotopic (exact) mass is 587 g/mol. The van der Waals surface area contributed by atoms with Crippen molar-refractivity contribution in [3.05, 3.63) is 76.1 Å². The van der Waals surface area contributed by atoms with Crippen LogP contribution in [0.15, 0.2) is 43.7 Å². The maximum absolute atomic E-state index is 13.9. The second kappa shape index (κ2) is 10.7. The summed E-state index contributed by atoms with van der Waals surface area (Å²) in [5.74, 6) is 0.536. The zero-order valence-electron chi connectivity index (χ0n) is 22.0. The Labute approximate surface area is 227 Å². The number of fused-ring (bicyclic) bond motifs is 1. The van der Waals surface area contributed by atoms with E-state index in [0.717, 1.165) is 17.0 Å². The van der Waals surface area contributed by atoms with Gasteiger partial charge in [-0.25, -0.2) is 9.79 Å². The number of aromatic nitrogens is 2. The summed E-state index contributed by atoms with van der Waals surface area (Å²) in [6.45, 7) is 10.1. The third kappa shape index (κ3) is 4.80. The van der Waals surface area contributed by atoms with Crippen LogP contribution in [-0.4, -0.2) is 35.4 Å². The predicted molar refractivity (Wildman–Crippen MR) is 147 cm³/mol. The first-order valence-electron chi connectivity index (χ1n) is 12.0. The molecule has 0 spiro atoms. The van der Waals surface area contributed by atoms with Crippen molar-refractivity contribution in [1.29, 1.82) is 0 Å². The Hall–Kier alpha value is -3.11. The van der Waals surface area contributed by atoms with Gasteiger partial charge in [0.05, 0.1) is 42.2 Å². The molecule has 4 rings (SSSR count). The van der Waals surface area contributed by atoms with Gasteiger partial charge in [0.2, 0.25) is 0 Å². The molecule has 2 aromatic heterocycles. The van der Waals surface area contributed by atoms with Crippen molar-refractivity contribution in [2.75, 3.05) is 20.3 Å². The van der Waals surface area contributed by atoms with Gasteiger partial charge in [0.25, 0.3) is 5.56 Å². The Bertz CT molecular complexity index is 1600. The first kappa shape index (κ1) is 26.9. The summed E-state index contributed by atoms with van der Waals surface area (Å²) in [6.07, 6.45) is 1.89. The molecule has 0 unspecified atom stereocenters. The first-order valence-corrected chi connectivity index (χ1v) is 13.6. The quantitative estimate of drug-likeness (QED) is 0.391. The molecule has 0 N–H and O–H groups in total. The van der Waals surface area contributed by atoms with E-state index < -0.39 is 12.0 Å². The summed E-state index contributed by atoms with van der Waals surface area (Å²) in [4.78, 5) is 32.3. The third-order valence-electron chi connectivity index (χ3n) is 6.50. The Kier molecular flexibility index (Phi) is 7.80. The van der Waals surface area contributed by atoms with Crippen LogP contribution in [0.5, 0.6) is 11.5 Å². The number of esters is 1. The molecule has 8 nitrogen and oxygen atoms in total. The summed E-state index contributed by atoms with van der Waals surface area (Å²) < 4.78 is 21.6. The van der Waals surface area contributed by atoms with Gasteiger partial charge < -0.3 is 18.8 Å². The van der Waals surface area contributed by atoms with Crippen LogP contribution in [0.2, 0.25) is 0 Å². The van der Waals surface area contributed by atoms with Gasteiger partial charge in [0.15, 0.2) is 16.3 Å². The molecule has 0 radical (unpaired) electrons. The third-order valence-corrected chi connectivity index (χ3v) is 8.17. The minimum Gasteiger partial charge on any atom is -0.493 e. The van der Waals surface area contributed by atoms with Crippen LogP contribution in [-0.2, 0) is 16.6 Å². The number of aryl methyl sites for hydroxylation is 1. The summed E-state index contributed by atoms with van der Waals surface area (Å²) in [6, 6.07) is 4.87. The summed E-state index contributed by atoms with van der Waals surface area (Å²) in [7, 11) is 3.55. The van der Waals surface area contributed by atoms with E-state index >= 15 is 0 Å². The molecule has 0 fully saturated rings. The van der Waals surface area contributed by atoms with Crippen molar-refractivity contribution in [1.82, 2.24) is 9.13 Å². The van der Waals surface area contributed by atoms with Crippen LogP contribution in [0.25, 0.3) is 6.08 Å². The fraction of sp³-hybridized carbons (Fsp3) is 0.370. The number of thiazole rings is 1. The fourth-order valence-electron chi connectivity index (χ4n) is 4.45. The average molecular weight is 589 g/mol. The average Bonchev–Trinajstić information content (AvgIpc) is 3.28. The van der Waals surface area contributed by atoms with E-state index in [4.69, 9.17) is 14.2 Å². The topological polar surface area (TPSA) is 84.1 Å². The molecule has 1 atom stereocenters. The highest BCUT2D eigenvalue weighted by Crippen LogP contribution is 2.41.